The summed E-state index contributed by atoms with van der Waals surface area (Å²) in [5, 5.41) is 3.26. The van der Waals surface area contributed by atoms with Crippen molar-refractivity contribution in [2.75, 3.05) is 13.2 Å². The fourth-order valence-corrected chi connectivity index (χ4v) is 1.34. The van der Waals surface area contributed by atoms with Gasteiger partial charge in [0.15, 0.2) is 0 Å². The zero-order chi connectivity index (χ0) is 6.91. The first-order valence-electron chi connectivity index (χ1n) is 3.48. The molecule has 1 N–H and O–H groups in total. The minimum Gasteiger partial charge on any atom is -0.311 e. The third-order valence-electron chi connectivity index (χ3n) is 2.28. The van der Waals surface area contributed by atoms with E-state index in [1.165, 1.54) is 0 Å². The van der Waals surface area contributed by atoms with Crippen LogP contribution in [0.5, 0.6) is 0 Å². The maximum Gasteiger partial charge on any atom is 0.0940 e. The molecule has 0 aromatic heterocycles. The molecule has 1 aliphatic heterocycles. The van der Waals surface area contributed by atoms with E-state index in [2.05, 4.69) is 19.2 Å². The molecule has 0 bridgehead atoms. The quantitative estimate of drug-likeness (QED) is 0.566. The van der Waals surface area contributed by atoms with Crippen LogP contribution in [-0.4, -0.2) is 18.8 Å². The van der Waals surface area contributed by atoms with Crippen LogP contribution < -0.4 is 5.32 Å². The Bertz CT molecular complexity index is 101. The molecule has 9 heavy (non-hydrogen) atoms. The van der Waals surface area contributed by atoms with Crippen LogP contribution in [0.25, 0.3) is 0 Å². The predicted octanol–water partition coefficient (Wildman–Crippen LogP) is 1.34. The van der Waals surface area contributed by atoms with E-state index in [0.29, 0.717) is 0 Å². The van der Waals surface area contributed by atoms with Crippen LogP contribution in [0.15, 0.2) is 0 Å². The van der Waals surface area contributed by atoms with Gasteiger partial charge in [0.2, 0.25) is 0 Å². The first-order chi connectivity index (χ1) is 4.17. The largest absolute Gasteiger partial charge is 0.311 e. The van der Waals surface area contributed by atoms with Crippen LogP contribution in [0.3, 0.4) is 0 Å². The Kier molecular flexibility index (Phi) is 1.75. The normalized spacial score (nSPS) is 33.0. The molecular weight excluding hydrogens is 117 g/mol. The lowest BCUT2D eigenvalue weighted by Gasteiger charge is -2.24. The molecule has 0 aliphatic carbocycles. The van der Waals surface area contributed by atoms with E-state index in [9.17, 15) is 4.39 Å². The molecule has 54 valence electrons. The van der Waals surface area contributed by atoms with E-state index < -0.39 is 0 Å². The van der Waals surface area contributed by atoms with Gasteiger partial charge in [-0.05, 0) is 26.8 Å². The molecule has 1 atom stereocenters. The summed E-state index contributed by atoms with van der Waals surface area (Å²) in [6, 6.07) is 0. The van der Waals surface area contributed by atoms with Gasteiger partial charge in [0, 0.05) is 11.5 Å². The summed E-state index contributed by atoms with van der Waals surface area (Å²) in [4.78, 5) is 0. The summed E-state index contributed by atoms with van der Waals surface area (Å²) in [5.74, 6) is 0.234. The highest BCUT2D eigenvalue weighted by Crippen LogP contribution is 2.25. The van der Waals surface area contributed by atoms with E-state index >= 15 is 0 Å². The lowest BCUT2D eigenvalue weighted by molar-refractivity contribution is 0.266. The Balaban J connectivity index is 2.52. The van der Waals surface area contributed by atoms with E-state index in [0.717, 1.165) is 13.0 Å². The highest BCUT2D eigenvalue weighted by atomic mass is 19.1. The van der Waals surface area contributed by atoms with Crippen LogP contribution in [0.1, 0.15) is 20.3 Å². The molecule has 1 saturated heterocycles. The lowest BCUT2D eigenvalue weighted by Crippen LogP contribution is -2.38. The van der Waals surface area contributed by atoms with Crippen LogP contribution in [0.2, 0.25) is 0 Å². The van der Waals surface area contributed by atoms with Crippen molar-refractivity contribution in [1.82, 2.24) is 5.32 Å². The van der Waals surface area contributed by atoms with Crippen LogP contribution >= 0.6 is 0 Å². The molecular formula is C7H14FN. The van der Waals surface area contributed by atoms with Crippen molar-refractivity contribution in [1.29, 1.82) is 0 Å². The van der Waals surface area contributed by atoms with Gasteiger partial charge in [-0.2, -0.15) is 0 Å². The topological polar surface area (TPSA) is 12.0 Å². The van der Waals surface area contributed by atoms with Gasteiger partial charge in [0.1, 0.15) is 0 Å². The summed E-state index contributed by atoms with van der Waals surface area (Å²) < 4.78 is 12.2. The zero-order valence-corrected chi connectivity index (χ0v) is 6.08. The molecule has 2 heteroatoms. The first kappa shape index (κ1) is 7.00. The van der Waals surface area contributed by atoms with Gasteiger partial charge in [-0.1, -0.05) is 0 Å². The second-order valence-electron chi connectivity index (χ2n) is 3.29. The molecule has 0 radical (unpaired) electrons. The lowest BCUT2D eigenvalue weighted by atomic mass is 9.91. The Morgan fingerprint density at radius 2 is 2.33 bits per heavy atom. The standard InChI is InChI=1S/C7H14FN/c1-7(2)6(5-8)3-4-9-7/h6,9H,3-5H2,1-2H3. The summed E-state index contributed by atoms with van der Waals surface area (Å²) in [5.41, 5.74) is 0.0365. The van der Waals surface area contributed by atoms with Crippen molar-refractivity contribution in [2.24, 2.45) is 5.92 Å². The van der Waals surface area contributed by atoms with Gasteiger partial charge < -0.3 is 5.32 Å². The number of hydrogen-bond acceptors (Lipinski definition) is 1. The summed E-state index contributed by atoms with van der Waals surface area (Å²) in [7, 11) is 0. The molecule has 0 saturated carbocycles. The van der Waals surface area contributed by atoms with Crippen LogP contribution in [0, 0.1) is 5.92 Å². The third kappa shape index (κ3) is 1.23. The SMILES string of the molecule is CC1(C)NCCC1CF. The molecule has 0 aromatic rings. The number of alkyl halides is 1. The highest BCUT2D eigenvalue weighted by Gasteiger charge is 2.33. The minimum atomic E-state index is -0.181. The van der Waals surface area contributed by atoms with E-state index in [1.807, 2.05) is 0 Å². The molecule has 0 aromatic carbocycles. The number of halogens is 1. The fourth-order valence-electron chi connectivity index (χ4n) is 1.34. The Labute approximate surface area is 55.6 Å². The summed E-state index contributed by atoms with van der Waals surface area (Å²) in [6.45, 7) is 4.91. The minimum absolute atomic E-state index is 0.0365. The monoisotopic (exact) mass is 131 g/mol. The average Bonchev–Trinajstić information content (AvgIpc) is 2.08. The van der Waals surface area contributed by atoms with Gasteiger partial charge in [-0.3, -0.25) is 4.39 Å². The Hall–Kier alpha value is -0.110. The molecule has 1 aliphatic rings. The summed E-state index contributed by atoms with van der Waals surface area (Å²) in [6.07, 6.45) is 0.990. The van der Waals surface area contributed by atoms with Crippen molar-refractivity contribution in [3.05, 3.63) is 0 Å². The van der Waals surface area contributed by atoms with Gasteiger partial charge in [0.05, 0.1) is 6.67 Å². The van der Waals surface area contributed by atoms with Gasteiger partial charge in [-0.25, -0.2) is 0 Å². The number of nitrogens with one attached hydrogen (secondary N) is 1. The van der Waals surface area contributed by atoms with Crippen molar-refractivity contribution in [2.45, 2.75) is 25.8 Å². The van der Waals surface area contributed by atoms with Crippen molar-refractivity contribution < 1.29 is 4.39 Å². The van der Waals surface area contributed by atoms with E-state index in [-0.39, 0.29) is 18.1 Å². The maximum atomic E-state index is 12.2. The van der Waals surface area contributed by atoms with Crippen molar-refractivity contribution in [3.8, 4) is 0 Å². The molecule has 1 heterocycles. The number of hydrogen-bond donors (Lipinski definition) is 1. The Morgan fingerprint density at radius 1 is 1.67 bits per heavy atom. The number of rotatable bonds is 1. The maximum absolute atomic E-state index is 12.2. The van der Waals surface area contributed by atoms with Gasteiger partial charge >= 0.3 is 0 Å². The zero-order valence-electron chi connectivity index (χ0n) is 6.08. The summed E-state index contributed by atoms with van der Waals surface area (Å²) >= 11 is 0. The Morgan fingerprint density at radius 3 is 2.56 bits per heavy atom. The molecule has 0 amide bonds. The van der Waals surface area contributed by atoms with E-state index in [1.54, 1.807) is 0 Å². The van der Waals surface area contributed by atoms with E-state index in [4.69, 9.17) is 0 Å². The van der Waals surface area contributed by atoms with Crippen molar-refractivity contribution >= 4 is 0 Å². The first-order valence-corrected chi connectivity index (χ1v) is 3.48. The smallest absolute Gasteiger partial charge is 0.0940 e. The van der Waals surface area contributed by atoms with Crippen molar-refractivity contribution in [3.63, 3.8) is 0 Å². The second kappa shape index (κ2) is 2.25. The fraction of sp³-hybridized carbons (Fsp3) is 1.00. The molecule has 1 unspecified atom stereocenters. The molecule has 1 fully saturated rings. The second-order valence-corrected chi connectivity index (χ2v) is 3.29. The molecule has 1 rings (SSSR count). The molecule has 1 nitrogen and oxygen atoms in total. The average molecular weight is 131 g/mol. The molecule has 0 spiro atoms. The van der Waals surface area contributed by atoms with Crippen LogP contribution in [-0.2, 0) is 0 Å². The van der Waals surface area contributed by atoms with Gasteiger partial charge in [0.25, 0.3) is 0 Å². The van der Waals surface area contributed by atoms with Gasteiger partial charge in [-0.15, -0.1) is 0 Å². The predicted molar refractivity (Wildman–Crippen MR) is 36.2 cm³/mol. The highest BCUT2D eigenvalue weighted by molar-refractivity contribution is 4.91. The van der Waals surface area contributed by atoms with Crippen LogP contribution in [0.4, 0.5) is 4.39 Å². The third-order valence-corrected chi connectivity index (χ3v) is 2.28.